The van der Waals surface area contributed by atoms with Crippen LogP contribution < -0.4 is 16.4 Å². The predicted molar refractivity (Wildman–Crippen MR) is 97.2 cm³/mol. The van der Waals surface area contributed by atoms with E-state index in [0.29, 0.717) is 12.1 Å². The Morgan fingerprint density at radius 1 is 1.12 bits per heavy atom. The van der Waals surface area contributed by atoms with Crippen LogP contribution in [0, 0.1) is 0 Å². The van der Waals surface area contributed by atoms with Crippen LogP contribution in [0.15, 0.2) is 58.3 Å². The fraction of sp³-hybridized carbons (Fsp3) is 0.316. The van der Waals surface area contributed by atoms with Gasteiger partial charge in [-0.2, -0.15) is 0 Å². The first-order valence-electron chi connectivity index (χ1n) is 8.38. The molecule has 4 N–H and O–H groups in total. The highest BCUT2D eigenvalue weighted by Crippen LogP contribution is 2.30. The Kier molecular flexibility index (Phi) is 4.21. The number of rotatable bonds is 4. The van der Waals surface area contributed by atoms with E-state index in [-0.39, 0.29) is 11.9 Å². The Bertz CT molecular complexity index is 747. The van der Waals surface area contributed by atoms with Gasteiger partial charge in [0.15, 0.2) is 0 Å². The van der Waals surface area contributed by atoms with Crippen molar-refractivity contribution in [1.82, 2.24) is 10.6 Å². The maximum atomic E-state index is 12.4. The zero-order valence-electron chi connectivity index (χ0n) is 13.4. The molecular weight excluding hydrogens is 318 g/mol. The van der Waals surface area contributed by atoms with Crippen LogP contribution in [0.2, 0.25) is 0 Å². The summed E-state index contributed by atoms with van der Waals surface area (Å²) in [6.07, 6.45) is 3.47. The molecule has 5 heteroatoms. The summed E-state index contributed by atoms with van der Waals surface area (Å²) in [5.41, 5.74) is 7.29. The van der Waals surface area contributed by atoms with Gasteiger partial charge in [0.1, 0.15) is 0 Å². The van der Waals surface area contributed by atoms with E-state index in [1.165, 1.54) is 12.8 Å². The van der Waals surface area contributed by atoms with Gasteiger partial charge in [-0.05, 0) is 61.7 Å². The first kappa shape index (κ1) is 15.5. The van der Waals surface area contributed by atoms with Crippen LogP contribution in [0.4, 0.5) is 5.69 Å². The molecular formula is C19H21N3OS. The van der Waals surface area contributed by atoms with Crippen molar-refractivity contribution in [3.05, 3.63) is 54.1 Å². The van der Waals surface area contributed by atoms with Gasteiger partial charge >= 0.3 is 0 Å². The molecule has 2 heterocycles. The second kappa shape index (κ2) is 6.49. The number of carbonyl (C=O) groups is 1. The molecule has 0 spiro atoms. The molecule has 0 unspecified atom stereocenters. The van der Waals surface area contributed by atoms with E-state index in [4.69, 9.17) is 5.73 Å². The molecule has 2 aromatic rings. The van der Waals surface area contributed by atoms with Gasteiger partial charge in [0.25, 0.3) is 5.91 Å². The number of amides is 1. The van der Waals surface area contributed by atoms with Crippen molar-refractivity contribution >= 4 is 23.4 Å². The Morgan fingerprint density at radius 3 is 2.62 bits per heavy atom. The first-order chi connectivity index (χ1) is 11.7. The predicted octanol–water partition coefficient (Wildman–Crippen LogP) is 3.04. The van der Waals surface area contributed by atoms with Crippen LogP contribution in [-0.2, 0) is 0 Å². The van der Waals surface area contributed by atoms with Gasteiger partial charge in [0, 0.05) is 39.2 Å². The number of nitrogens with one attached hydrogen (secondary N) is 2. The number of hydrogen-bond donors (Lipinski definition) is 3. The lowest BCUT2D eigenvalue weighted by Gasteiger charge is -2.21. The van der Waals surface area contributed by atoms with Gasteiger partial charge in [-0.3, -0.25) is 4.79 Å². The van der Waals surface area contributed by atoms with E-state index >= 15 is 0 Å². The fourth-order valence-corrected chi connectivity index (χ4v) is 4.51. The molecule has 2 fully saturated rings. The van der Waals surface area contributed by atoms with Gasteiger partial charge in [-0.25, -0.2) is 0 Å². The average molecular weight is 339 g/mol. The van der Waals surface area contributed by atoms with E-state index in [2.05, 4.69) is 10.6 Å². The fourth-order valence-electron chi connectivity index (χ4n) is 3.62. The molecule has 0 radical (unpaired) electrons. The van der Waals surface area contributed by atoms with E-state index < -0.39 is 0 Å². The summed E-state index contributed by atoms with van der Waals surface area (Å²) in [7, 11) is 0. The Hall–Kier alpha value is -1.98. The van der Waals surface area contributed by atoms with Crippen LogP contribution in [0.25, 0.3) is 0 Å². The maximum Gasteiger partial charge on any atom is 0.251 e. The highest BCUT2D eigenvalue weighted by atomic mass is 32.2. The summed E-state index contributed by atoms with van der Waals surface area (Å²) in [5.74, 6) is 0.0230. The molecule has 2 aliphatic heterocycles. The summed E-state index contributed by atoms with van der Waals surface area (Å²) < 4.78 is 0. The van der Waals surface area contributed by atoms with Gasteiger partial charge in [-0.15, -0.1) is 0 Å². The third-order valence-electron chi connectivity index (χ3n) is 4.83. The molecule has 4 nitrogen and oxygen atoms in total. The van der Waals surface area contributed by atoms with E-state index in [9.17, 15) is 4.79 Å². The summed E-state index contributed by atoms with van der Waals surface area (Å²) in [6.45, 7) is 0. The molecule has 2 aliphatic rings. The molecule has 1 amide bonds. The molecule has 4 rings (SSSR count). The quantitative estimate of drug-likeness (QED) is 0.749. The lowest BCUT2D eigenvalue weighted by Crippen LogP contribution is -2.42. The van der Waals surface area contributed by atoms with Crippen molar-refractivity contribution in [3.8, 4) is 0 Å². The zero-order valence-corrected chi connectivity index (χ0v) is 14.2. The third kappa shape index (κ3) is 3.28. The van der Waals surface area contributed by atoms with Gasteiger partial charge in [-0.1, -0.05) is 17.8 Å². The summed E-state index contributed by atoms with van der Waals surface area (Å²) in [5, 5.41) is 6.73. The largest absolute Gasteiger partial charge is 0.399 e. The molecule has 2 aromatic carbocycles. The van der Waals surface area contributed by atoms with Crippen molar-refractivity contribution < 1.29 is 4.79 Å². The molecule has 2 saturated heterocycles. The van der Waals surface area contributed by atoms with Crippen LogP contribution in [-0.4, -0.2) is 24.0 Å². The van der Waals surface area contributed by atoms with E-state index in [0.717, 1.165) is 27.5 Å². The third-order valence-corrected chi connectivity index (χ3v) is 5.82. The smallest absolute Gasteiger partial charge is 0.251 e. The summed E-state index contributed by atoms with van der Waals surface area (Å²) in [4.78, 5) is 14.6. The summed E-state index contributed by atoms with van der Waals surface area (Å²) in [6, 6.07) is 16.9. The number of fused-ring (bicyclic) bond motifs is 2. The normalized spacial score (nSPS) is 24.9. The van der Waals surface area contributed by atoms with Gasteiger partial charge in [0.05, 0.1) is 0 Å². The first-order valence-corrected chi connectivity index (χ1v) is 9.19. The number of nitrogens with two attached hydrogens (primary N) is 1. The van der Waals surface area contributed by atoms with Gasteiger partial charge in [0.2, 0.25) is 0 Å². The maximum absolute atomic E-state index is 12.4. The molecule has 0 saturated carbocycles. The minimum Gasteiger partial charge on any atom is -0.399 e. The van der Waals surface area contributed by atoms with Crippen LogP contribution in [0.5, 0.6) is 0 Å². The second-order valence-electron chi connectivity index (χ2n) is 6.56. The SMILES string of the molecule is Nc1cccc(Sc2ccc(C(=O)N[C@@H]3C[C@H]4CC[C@@H]3N4)cc2)c1. The van der Waals surface area contributed by atoms with Gasteiger partial charge < -0.3 is 16.4 Å². The second-order valence-corrected chi connectivity index (χ2v) is 7.71. The molecule has 0 aliphatic carbocycles. The minimum absolute atomic E-state index is 0.0230. The number of hydrogen-bond acceptors (Lipinski definition) is 4. The highest BCUT2D eigenvalue weighted by molar-refractivity contribution is 7.99. The number of benzene rings is 2. The lowest BCUT2D eigenvalue weighted by atomic mass is 9.95. The Balaban J connectivity index is 1.39. The van der Waals surface area contributed by atoms with Crippen molar-refractivity contribution in [2.75, 3.05) is 5.73 Å². The summed E-state index contributed by atoms with van der Waals surface area (Å²) >= 11 is 1.64. The molecule has 124 valence electrons. The highest BCUT2D eigenvalue weighted by Gasteiger charge is 2.39. The van der Waals surface area contributed by atoms with Crippen molar-refractivity contribution in [2.45, 2.75) is 47.2 Å². The molecule has 24 heavy (non-hydrogen) atoms. The Labute approximate surface area is 146 Å². The van der Waals surface area contributed by atoms with Crippen LogP contribution in [0.3, 0.4) is 0 Å². The molecule has 2 bridgehead atoms. The van der Waals surface area contributed by atoms with Crippen LogP contribution in [0.1, 0.15) is 29.6 Å². The Morgan fingerprint density at radius 2 is 1.96 bits per heavy atom. The monoisotopic (exact) mass is 339 g/mol. The van der Waals surface area contributed by atoms with Crippen molar-refractivity contribution in [3.63, 3.8) is 0 Å². The zero-order chi connectivity index (χ0) is 16.5. The minimum atomic E-state index is 0.0230. The lowest BCUT2D eigenvalue weighted by molar-refractivity contribution is 0.0931. The molecule has 3 atom stereocenters. The van der Waals surface area contributed by atoms with Crippen LogP contribution >= 0.6 is 11.8 Å². The van der Waals surface area contributed by atoms with Crippen molar-refractivity contribution in [1.29, 1.82) is 0 Å². The van der Waals surface area contributed by atoms with E-state index in [1.54, 1.807) is 11.8 Å². The van der Waals surface area contributed by atoms with E-state index in [1.807, 2.05) is 48.5 Å². The van der Waals surface area contributed by atoms with Crippen molar-refractivity contribution in [2.24, 2.45) is 0 Å². The standard InChI is InChI=1S/C19H21N3OS/c20-13-2-1-3-16(10-13)24-15-7-4-12(5-8-15)19(23)22-18-11-14-6-9-17(18)21-14/h1-5,7-8,10,14,17-18,21H,6,9,11,20H2,(H,22,23)/t14-,17+,18-/m1/s1. The number of carbonyl (C=O) groups excluding carboxylic acids is 1. The number of anilines is 1. The topological polar surface area (TPSA) is 67.2 Å². The number of nitrogen functional groups attached to an aromatic ring is 1. The average Bonchev–Trinajstić information content (AvgIpc) is 3.18. The molecule has 0 aromatic heterocycles.